The molecule has 0 aliphatic heterocycles. The second kappa shape index (κ2) is 4.41. The number of methoxy groups -OCH3 is 1. The second-order valence-electron chi connectivity index (χ2n) is 2.49. The van der Waals surface area contributed by atoms with Gasteiger partial charge >= 0.3 is 0 Å². The third kappa shape index (κ3) is 2.22. The van der Waals surface area contributed by atoms with Gasteiger partial charge in [0.1, 0.15) is 5.75 Å². The van der Waals surface area contributed by atoms with Crippen LogP contribution in [-0.4, -0.2) is 12.9 Å². The predicted molar refractivity (Wildman–Crippen MR) is 63.4 cm³/mol. The number of carbonyl (C=O) groups excluding carboxylic acids is 1. The van der Waals surface area contributed by atoms with Crippen molar-refractivity contribution in [2.75, 3.05) is 7.11 Å². The van der Waals surface area contributed by atoms with Crippen molar-refractivity contribution in [3.8, 4) is 5.75 Å². The number of ether oxygens (including phenoxy) is 1. The van der Waals surface area contributed by atoms with Gasteiger partial charge in [0, 0.05) is 3.57 Å². The topological polar surface area (TPSA) is 26.3 Å². The van der Waals surface area contributed by atoms with Crippen LogP contribution in [-0.2, 0) is 0 Å². The van der Waals surface area contributed by atoms with Crippen molar-refractivity contribution >= 4 is 44.3 Å². The molecule has 13 heavy (non-hydrogen) atoms. The third-order valence-electron chi connectivity index (χ3n) is 1.61. The van der Waals surface area contributed by atoms with Crippen molar-refractivity contribution in [2.45, 2.75) is 6.92 Å². The molecule has 0 radical (unpaired) electrons. The molecule has 70 valence electrons. The lowest BCUT2D eigenvalue weighted by atomic mass is 10.1. The first kappa shape index (κ1) is 11.0. The van der Waals surface area contributed by atoms with E-state index >= 15 is 0 Å². The highest BCUT2D eigenvalue weighted by Crippen LogP contribution is 2.32. The monoisotopic (exact) mass is 354 g/mol. The Morgan fingerprint density at radius 3 is 2.54 bits per heavy atom. The summed E-state index contributed by atoms with van der Waals surface area (Å²) in [5, 5.41) is 0. The van der Waals surface area contributed by atoms with Crippen LogP contribution in [0.25, 0.3) is 0 Å². The molecule has 0 unspecified atom stereocenters. The Hall–Kier alpha value is -0.100. The lowest BCUT2D eigenvalue weighted by Gasteiger charge is -2.09. The standard InChI is InChI=1S/C9H8BrIO2/c1-5(12)8-7(11)4-3-6(10)9(8)13-2/h3-4H,1-2H3. The van der Waals surface area contributed by atoms with Crippen molar-refractivity contribution in [1.82, 2.24) is 0 Å². The largest absolute Gasteiger partial charge is 0.495 e. The molecule has 2 nitrogen and oxygen atoms in total. The van der Waals surface area contributed by atoms with Crippen molar-refractivity contribution in [1.29, 1.82) is 0 Å². The zero-order valence-corrected chi connectivity index (χ0v) is 11.0. The Kier molecular flexibility index (Phi) is 3.73. The molecule has 1 aromatic carbocycles. The quantitative estimate of drug-likeness (QED) is 0.602. The van der Waals surface area contributed by atoms with E-state index in [4.69, 9.17) is 4.74 Å². The van der Waals surface area contributed by atoms with E-state index in [1.54, 1.807) is 7.11 Å². The number of ketones is 1. The van der Waals surface area contributed by atoms with E-state index in [2.05, 4.69) is 38.5 Å². The maximum atomic E-state index is 11.3. The maximum absolute atomic E-state index is 11.3. The Bertz CT molecular complexity index is 350. The van der Waals surface area contributed by atoms with Gasteiger partial charge in [0.15, 0.2) is 5.78 Å². The molecule has 0 spiro atoms. The molecule has 0 aliphatic rings. The van der Waals surface area contributed by atoms with Crippen molar-refractivity contribution in [2.24, 2.45) is 0 Å². The fraction of sp³-hybridized carbons (Fsp3) is 0.222. The molecule has 1 rings (SSSR count). The van der Waals surface area contributed by atoms with E-state index in [1.165, 1.54) is 6.92 Å². The lowest BCUT2D eigenvalue weighted by molar-refractivity contribution is 0.101. The van der Waals surface area contributed by atoms with Crippen LogP contribution in [0.4, 0.5) is 0 Å². The van der Waals surface area contributed by atoms with E-state index in [-0.39, 0.29) is 5.78 Å². The summed E-state index contributed by atoms with van der Waals surface area (Å²) in [5.41, 5.74) is 0.637. The molecule has 0 saturated heterocycles. The zero-order valence-electron chi connectivity index (χ0n) is 7.23. The van der Waals surface area contributed by atoms with Crippen LogP contribution >= 0.6 is 38.5 Å². The average molecular weight is 355 g/mol. The number of hydrogen-bond donors (Lipinski definition) is 0. The van der Waals surface area contributed by atoms with Crippen molar-refractivity contribution in [3.63, 3.8) is 0 Å². The summed E-state index contributed by atoms with van der Waals surface area (Å²) in [7, 11) is 1.56. The summed E-state index contributed by atoms with van der Waals surface area (Å²) in [6.07, 6.45) is 0. The molecule has 0 amide bonds. The predicted octanol–water partition coefficient (Wildman–Crippen LogP) is 3.26. The van der Waals surface area contributed by atoms with Gasteiger partial charge in [-0.1, -0.05) is 0 Å². The molecule has 0 saturated carbocycles. The minimum atomic E-state index is 0.0163. The van der Waals surface area contributed by atoms with Gasteiger partial charge in [0.05, 0.1) is 17.1 Å². The average Bonchev–Trinajstić information content (AvgIpc) is 2.07. The fourth-order valence-electron chi connectivity index (χ4n) is 1.06. The van der Waals surface area contributed by atoms with Crippen LogP contribution in [0.15, 0.2) is 16.6 Å². The number of Topliss-reactive ketones (excluding diaryl/α,β-unsaturated/α-hetero) is 1. The van der Waals surface area contributed by atoms with Crippen LogP contribution in [0.5, 0.6) is 5.75 Å². The third-order valence-corrected chi connectivity index (χ3v) is 3.14. The van der Waals surface area contributed by atoms with Gasteiger partial charge in [-0.15, -0.1) is 0 Å². The van der Waals surface area contributed by atoms with Gasteiger partial charge in [-0.25, -0.2) is 0 Å². The minimum Gasteiger partial charge on any atom is -0.495 e. The highest BCUT2D eigenvalue weighted by atomic mass is 127. The van der Waals surface area contributed by atoms with Gasteiger partial charge in [-0.3, -0.25) is 4.79 Å². The molecule has 0 aromatic heterocycles. The van der Waals surface area contributed by atoms with E-state index in [0.29, 0.717) is 11.3 Å². The fourth-order valence-corrected chi connectivity index (χ4v) is 2.36. The van der Waals surface area contributed by atoms with Gasteiger partial charge < -0.3 is 4.74 Å². The molecule has 0 fully saturated rings. The van der Waals surface area contributed by atoms with Crippen LogP contribution in [0.2, 0.25) is 0 Å². The van der Waals surface area contributed by atoms with Crippen LogP contribution in [0.3, 0.4) is 0 Å². The Labute approximate surface area is 98.9 Å². The zero-order chi connectivity index (χ0) is 10.0. The highest BCUT2D eigenvalue weighted by molar-refractivity contribution is 14.1. The van der Waals surface area contributed by atoms with E-state index in [1.807, 2.05) is 12.1 Å². The second-order valence-corrected chi connectivity index (χ2v) is 4.51. The number of halogens is 2. The Balaban J connectivity index is 3.43. The first-order valence-corrected chi connectivity index (χ1v) is 5.48. The highest BCUT2D eigenvalue weighted by Gasteiger charge is 2.14. The van der Waals surface area contributed by atoms with Gasteiger partial charge in [0.25, 0.3) is 0 Å². The van der Waals surface area contributed by atoms with Crippen molar-refractivity contribution < 1.29 is 9.53 Å². The SMILES string of the molecule is COc1c(Br)ccc(I)c1C(C)=O. The number of rotatable bonds is 2. The molecule has 0 heterocycles. The first-order valence-electron chi connectivity index (χ1n) is 3.61. The summed E-state index contributed by atoms with van der Waals surface area (Å²) in [6.45, 7) is 1.53. The Morgan fingerprint density at radius 2 is 2.15 bits per heavy atom. The molecule has 0 aliphatic carbocycles. The van der Waals surface area contributed by atoms with Crippen molar-refractivity contribution in [3.05, 3.63) is 25.7 Å². The smallest absolute Gasteiger partial charge is 0.164 e. The number of hydrogen-bond acceptors (Lipinski definition) is 2. The molecule has 0 N–H and O–H groups in total. The lowest BCUT2D eigenvalue weighted by Crippen LogP contribution is -2.01. The van der Waals surface area contributed by atoms with Gasteiger partial charge in [-0.05, 0) is 57.6 Å². The summed E-state index contributed by atoms with van der Waals surface area (Å²) in [4.78, 5) is 11.3. The summed E-state index contributed by atoms with van der Waals surface area (Å²) in [6, 6.07) is 3.75. The molecule has 4 heteroatoms. The van der Waals surface area contributed by atoms with Gasteiger partial charge in [0.2, 0.25) is 0 Å². The van der Waals surface area contributed by atoms with Crippen LogP contribution < -0.4 is 4.74 Å². The van der Waals surface area contributed by atoms with E-state index in [9.17, 15) is 4.79 Å². The Morgan fingerprint density at radius 1 is 1.54 bits per heavy atom. The summed E-state index contributed by atoms with van der Waals surface area (Å²) in [5.74, 6) is 0.627. The molecule has 0 atom stereocenters. The van der Waals surface area contributed by atoms with E-state index < -0.39 is 0 Å². The van der Waals surface area contributed by atoms with E-state index in [0.717, 1.165) is 8.04 Å². The van der Waals surface area contributed by atoms with Crippen LogP contribution in [0, 0.1) is 3.57 Å². The van der Waals surface area contributed by atoms with Crippen LogP contribution in [0.1, 0.15) is 17.3 Å². The number of carbonyl (C=O) groups is 1. The number of benzene rings is 1. The molecular weight excluding hydrogens is 347 g/mol. The minimum absolute atomic E-state index is 0.0163. The maximum Gasteiger partial charge on any atom is 0.164 e. The van der Waals surface area contributed by atoms with Gasteiger partial charge in [-0.2, -0.15) is 0 Å². The molecular formula is C9H8BrIO2. The summed E-state index contributed by atoms with van der Waals surface area (Å²) >= 11 is 5.45. The molecule has 1 aromatic rings. The summed E-state index contributed by atoms with van der Waals surface area (Å²) < 4.78 is 6.86. The first-order chi connectivity index (χ1) is 6.07. The molecule has 0 bridgehead atoms. The normalized spacial score (nSPS) is 9.85.